The first-order valence-corrected chi connectivity index (χ1v) is 8.74. The van der Waals surface area contributed by atoms with Crippen LogP contribution in [0.25, 0.3) is 0 Å². The molecule has 0 amide bonds. The van der Waals surface area contributed by atoms with Gasteiger partial charge in [-0.15, -0.1) is 0 Å². The van der Waals surface area contributed by atoms with Crippen molar-refractivity contribution in [2.45, 2.75) is 77.7 Å². The van der Waals surface area contributed by atoms with E-state index in [1.165, 1.54) is 25.7 Å². The monoisotopic (exact) mass is 326 g/mol. The van der Waals surface area contributed by atoms with E-state index >= 15 is 0 Å². The van der Waals surface area contributed by atoms with Crippen molar-refractivity contribution in [1.82, 2.24) is 0 Å². The van der Waals surface area contributed by atoms with Crippen LogP contribution in [0.3, 0.4) is 0 Å². The molecule has 0 aliphatic rings. The molecule has 2 nitrogen and oxygen atoms in total. The molecule has 0 N–H and O–H groups in total. The van der Waals surface area contributed by atoms with Gasteiger partial charge in [-0.1, -0.05) is 52.4 Å². The number of rotatable bonds is 11. The molecule has 1 unspecified atom stereocenters. The maximum absolute atomic E-state index is 13.6. The second-order valence-electron chi connectivity index (χ2n) is 6.00. The lowest BCUT2D eigenvalue weighted by Crippen LogP contribution is -2.19. The van der Waals surface area contributed by atoms with Gasteiger partial charge >= 0.3 is 5.97 Å². The Morgan fingerprint density at radius 3 is 2.35 bits per heavy atom. The van der Waals surface area contributed by atoms with Crippen molar-refractivity contribution in [3.63, 3.8) is 0 Å². The average Bonchev–Trinajstić information content (AvgIpc) is 2.50. The second-order valence-corrected chi connectivity index (χ2v) is 6.00. The van der Waals surface area contributed by atoms with Gasteiger partial charge in [0, 0.05) is 6.07 Å². The fourth-order valence-electron chi connectivity index (χ4n) is 2.61. The molecule has 0 saturated carbocycles. The second kappa shape index (κ2) is 11.1. The number of hydrogen-bond acceptors (Lipinski definition) is 2. The molecule has 0 spiro atoms. The predicted molar refractivity (Wildman–Crippen MR) is 88.5 cm³/mol. The topological polar surface area (TPSA) is 26.3 Å². The molecule has 0 radical (unpaired) electrons. The maximum Gasteiger partial charge on any atom is 0.341 e. The minimum Gasteiger partial charge on any atom is -0.459 e. The number of benzene rings is 1. The van der Waals surface area contributed by atoms with Gasteiger partial charge in [-0.05, 0) is 31.4 Å². The maximum atomic E-state index is 13.6. The van der Waals surface area contributed by atoms with Crippen molar-refractivity contribution in [3.8, 4) is 0 Å². The fraction of sp³-hybridized carbons (Fsp3) is 0.632. The summed E-state index contributed by atoms with van der Waals surface area (Å²) in [4.78, 5) is 12.1. The number of esters is 1. The molecule has 0 heterocycles. The Morgan fingerprint density at radius 1 is 1.00 bits per heavy atom. The highest BCUT2D eigenvalue weighted by atomic mass is 19.1. The first kappa shape index (κ1) is 19.6. The molecule has 4 heteroatoms. The van der Waals surface area contributed by atoms with Crippen molar-refractivity contribution >= 4 is 5.97 Å². The third-order valence-electron chi connectivity index (χ3n) is 3.92. The summed E-state index contributed by atoms with van der Waals surface area (Å²) in [5.41, 5.74) is -0.199. The first-order valence-electron chi connectivity index (χ1n) is 8.74. The number of carbonyl (C=O) groups excluding carboxylic acids is 1. The molecule has 0 aromatic heterocycles. The van der Waals surface area contributed by atoms with Gasteiger partial charge in [-0.3, -0.25) is 0 Å². The summed E-state index contributed by atoms with van der Waals surface area (Å²) < 4.78 is 31.9. The van der Waals surface area contributed by atoms with E-state index in [0.717, 1.165) is 44.2 Å². The zero-order valence-electron chi connectivity index (χ0n) is 14.2. The van der Waals surface area contributed by atoms with Gasteiger partial charge in [0.25, 0.3) is 0 Å². The van der Waals surface area contributed by atoms with E-state index < -0.39 is 17.6 Å². The lowest BCUT2D eigenvalue weighted by molar-refractivity contribution is 0.0248. The molecular weight excluding hydrogens is 298 g/mol. The van der Waals surface area contributed by atoms with Gasteiger partial charge in [0.2, 0.25) is 0 Å². The van der Waals surface area contributed by atoms with Crippen LogP contribution in [0, 0.1) is 11.6 Å². The minimum absolute atomic E-state index is 0.192. The first-order chi connectivity index (χ1) is 11.1. The van der Waals surface area contributed by atoms with Gasteiger partial charge in [-0.2, -0.15) is 0 Å². The quantitative estimate of drug-likeness (QED) is 0.366. The highest BCUT2D eigenvalue weighted by Crippen LogP contribution is 2.17. The lowest BCUT2D eigenvalue weighted by atomic mass is 10.0. The fourth-order valence-corrected chi connectivity index (χ4v) is 2.61. The van der Waals surface area contributed by atoms with Crippen LogP contribution >= 0.6 is 0 Å². The van der Waals surface area contributed by atoms with Gasteiger partial charge in [0.05, 0.1) is 5.56 Å². The zero-order chi connectivity index (χ0) is 17.1. The molecule has 1 aromatic carbocycles. The molecule has 1 rings (SSSR count). The van der Waals surface area contributed by atoms with E-state index in [4.69, 9.17) is 4.74 Å². The van der Waals surface area contributed by atoms with Crippen molar-refractivity contribution < 1.29 is 18.3 Å². The number of hydrogen-bond donors (Lipinski definition) is 0. The van der Waals surface area contributed by atoms with E-state index in [2.05, 4.69) is 6.92 Å². The van der Waals surface area contributed by atoms with E-state index in [9.17, 15) is 13.6 Å². The van der Waals surface area contributed by atoms with E-state index in [1.54, 1.807) is 0 Å². The van der Waals surface area contributed by atoms with Gasteiger partial charge in [-0.25, -0.2) is 13.6 Å². The standard InChI is InChI=1S/C19H28F2O2/c1-3-5-6-7-8-9-11-16(10-4-2)23-19(22)17-13-12-15(20)14-18(17)21/h12-14,16H,3-11H2,1-2H3. The van der Waals surface area contributed by atoms with E-state index in [1.807, 2.05) is 6.92 Å². The Balaban J connectivity index is 2.46. The zero-order valence-corrected chi connectivity index (χ0v) is 14.2. The normalized spacial score (nSPS) is 12.2. The van der Waals surface area contributed by atoms with E-state index in [0.29, 0.717) is 6.07 Å². The van der Waals surface area contributed by atoms with Crippen LogP contribution < -0.4 is 0 Å². The smallest absolute Gasteiger partial charge is 0.341 e. The van der Waals surface area contributed by atoms with Crippen LogP contribution in [-0.4, -0.2) is 12.1 Å². The lowest BCUT2D eigenvalue weighted by Gasteiger charge is -2.17. The molecule has 0 aliphatic carbocycles. The molecule has 130 valence electrons. The van der Waals surface area contributed by atoms with Crippen LogP contribution in [0.4, 0.5) is 8.78 Å². The number of ether oxygens (including phenoxy) is 1. The summed E-state index contributed by atoms with van der Waals surface area (Å²) >= 11 is 0. The Hall–Kier alpha value is -1.45. The summed E-state index contributed by atoms with van der Waals surface area (Å²) in [6.07, 6.45) is 9.34. The van der Waals surface area contributed by atoms with Gasteiger partial charge < -0.3 is 4.74 Å². The van der Waals surface area contributed by atoms with Crippen LogP contribution in [0.15, 0.2) is 18.2 Å². The molecule has 0 saturated heterocycles. The Morgan fingerprint density at radius 2 is 1.70 bits per heavy atom. The predicted octanol–water partition coefficient (Wildman–Crippen LogP) is 6.04. The number of unbranched alkanes of at least 4 members (excludes halogenated alkanes) is 5. The summed E-state index contributed by atoms with van der Waals surface area (Å²) in [6, 6.07) is 2.92. The Bertz CT molecular complexity index is 474. The molecular formula is C19H28F2O2. The molecule has 1 atom stereocenters. The van der Waals surface area contributed by atoms with Crippen LogP contribution in [-0.2, 0) is 4.74 Å². The summed E-state index contributed by atoms with van der Waals surface area (Å²) in [7, 11) is 0. The minimum atomic E-state index is -0.871. The number of halogens is 2. The van der Waals surface area contributed by atoms with Crippen LogP contribution in [0.5, 0.6) is 0 Å². The largest absolute Gasteiger partial charge is 0.459 e. The van der Waals surface area contributed by atoms with Crippen LogP contribution in [0.2, 0.25) is 0 Å². The molecule has 0 aliphatic heterocycles. The summed E-state index contributed by atoms with van der Waals surface area (Å²) in [5.74, 6) is -2.27. The van der Waals surface area contributed by atoms with Gasteiger partial charge in [0.1, 0.15) is 17.7 Å². The third-order valence-corrected chi connectivity index (χ3v) is 3.92. The highest BCUT2D eigenvalue weighted by molar-refractivity contribution is 5.89. The van der Waals surface area contributed by atoms with E-state index in [-0.39, 0.29) is 11.7 Å². The van der Waals surface area contributed by atoms with Gasteiger partial charge in [0.15, 0.2) is 0 Å². The SMILES string of the molecule is CCCCCCCCC(CCC)OC(=O)c1ccc(F)cc1F. The Labute approximate surface area is 138 Å². The molecule has 0 fully saturated rings. The third kappa shape index (κ3) is 7.58. The molecule has 0 bridgehead atoms. The van der Waals surface area contributed by atoms with Crippen molar-refractivity contribution in [1.29, 1.82) is 0 Å². The molecule has 1 aromatic rings. The molecule has 23 heavy (non-hydrogen) atoms. The van der Waals surface area contributed by atoms with Crippen molar-refractivity contribution in [2.24, 2.45) is 0 Å². The van der Waals surface area contributed by atoms with Crippen molar-refractivity contribution in [2.75, 3.05) is 0 Å². The van der Waals surface area contributed by atoms with Crippen molar-refractivity contribution in [3.05, 3.63) is 35.4 Å². The summed E-state index contributed by atoms with van der Waals surface area (Å²) in [6.45, 7) is 4.21. The summed E-state index contributed by atoms with van der Waals surface area (Å²) in [5, 5.41) is 0. The average molecular weight is 326 g/mol. The van der Waals surface area contributed by atoms with Crippen LogP contribution in [0.1, 0.15) is 82.0 Å². The highest BCUT2D eigenvalue weighted by Gasteiger charge is 2.18. The Kier molecular flexibility index (Phi) is 9.49. The number of carbonyl (C=O) groups is 1.